The molecule has 0 amide bonds. The van der Waals surface area contributed by atoms with Gasteiger partial charge >= 0.3 is 0 Å². The molecule has 0 radical (unpaired) electrons. The van der Waals surface area contributed by atoms with Gasteiger partial charge in [-0.15, -0.1) is 0 Å². The lowest BCUT2D eigenvalue weighted by Gasteiger charge is -2.25. The molecule has 0 aliphatic heterocycles. The SMILES string of the molecule is c1ccc(-c2cc3c4ccccc4c4cccc5c4c4c6c3c(c2)n(-c2ccc(N(c3ccccc3)c3ccccc3)cc2)c6ccc4n5-c2ccccc2)cc1. The Bertz CT molecular complexity index is 3380. The first-order chi connectivity index (χ1) is 28.3. The summed E-state index contributed by atoms with van der Waals surface area (Å²) in [6.45, 7) is 0. The lowest BCUT2D eigenvalue weighted by Crippen LogP contribution is -2.09. The fourth-order valence-corrected chi connectivity index (χ4v) is 9.45. The van der Waals surface area contributed by atoms with Crippen molar-refractivity contribution in [2.45, 2.75) is 0 Å². The van der Waals surface area contributed by atoms with E-state index in [1.54, 1.807) is 0 Å². The van der Waals surface area contributed by atoms with Crippen molar-refractivity contribution in [3.8, 4) is 22.5 Å². The van der Waals surface area contributed by atoms with Gasteiger partial charge in [0.15, 0.2) is 0 Å². The van der Waals surface area contributed by atoms with Crippen LogP contribution in [0.5, 0.6) is 0 Å². The number of hydrogen-bond donors (Lipinski definition) is 0. The second-order valence-electron chi connectivity index (χ2n) is 14.9. The Kier molecular flexibility index (Phi) is 6.93. The third kappa shape index (κ3) is 4.73. The molecule has 0 unspecified atom stereocenters. The second kappa shape index (κ2) is 12.5. The van der Waals surface area contributed by atoms with Crippen molar-refractivity contribution in [1.29, 1.82) is 0 Å². The van der Waals surface area contributed by atoms with Gasteiger partial charge in [-0.05, 0) is 124 Å². The first-order valence-electron chi connectivity index (χ1n) is 19.6. The summed E-state index contributed by atoms with van der Waals surface area (Å²) in [7, 11) is 0. The summed E-state index contributed by atoms with van der Waals surface area (Å²) in [4.78, 5) is 2.32. The van der Waals surface area contributed by atoms with Gasteiger partial charge in [0.25, 0.3) is 0 Å². The van der Waals surface area contributed by atoms with Crippen LogP contribution >= 0.6 is 0 Å². The van der Waals surface area contributed by atoms with E-state index in [9.17, 15) is 0 Å². The first kappa shape index (κ1) is 31.7. The largest absolute Gasteiger partial charge is 0.311 e. The van der Waals surface area contributed by atoms with Gasteiger partial charge in [0.2, 0.25) is 0 Å². The van der Waals surface area contributed by atoms with Crippen molar-refractivity contribution in [1.82, 2.24) is 9.13 Å². The van der Waals surface area contributed by atoms with E-state index in [2.05, 4.69) is 226 Å². The highest BCUT2D eigenvalue weighted by molar-refractivity contribution is 6.39. The molecule has 10 aromatic carbocycles. The molecule has 12 aromatic rings. The smallest absolute Gasteiger partial charge is 0.0553 e. The number of nitrogens with zero attached hydrogens (tertiary/aromatic N) is 3. The molecular formula is C54H35N3. The van der Waals surface area contributed by atoms with Crippen molar-refractivity contribution in [3.05, 3.63) is 212 Å². The van der Waals surface area contributed by atoms with E-state index < -0.39 is 0 Å². The maximum absolute atomic E-state index is 2.50. The molecule has 0 spiro atoms. The highest BCUT2D eigenvalue weighted by atomic mass is 15.1. The summed E-state index contributed by atoms with van der Waals surface area (Å²) in [5.41, 5.74) is 12.8. The Morgan fingerprint density at radius 2 is 0.719 bits per heavy atom. The molecule has 0 bridgehead atoms. The minimum absolute atomic E-state index is 1.10. The summed E-state index contributed by atoms with van der Waals surface area (Å²) in [5, 5.41) is 10.2. The molecule has 0 fully saturated rings. The van der Waals surface area contributed by atoms with Crippen molar-refractivity contribution in [2.75, 3.05) is 4.90 Å². The molecule has 2 heterocycles. The third-order valence-electron chi connectivity index (χ3n) is 11.8. The maximum Gasteiger partial charge on any atom is 0.0553 e. The number of aromatic nitrogens is 2. The fraction of sp³-hybridized carbons (Fsp3) is 0. The van der Waals surface area contributed by atoms with E-state index >= 15 is 0 Å². The van der Waals surface area contributed by atoms with Crippen LogP contribution in [0.25, 0.3) is 87.7 Å². The van der Waals surface area contributed by atoms with Crippen LogP contribution in [-0.2, 0) is 0 Å². The van der Waals surface area contributed by atoms with Crippen LogP contribution in [0.2, 0.25) is 0 Å². The van der Waals surface area contributed by atoms with Gasteiger partial charge in [-0.2, -0.15) is 0 Å². The van der Waals surface area contributed by atoms with E-state index in [0.29, 0.717) is 0 Å². The Labute approximate surface area is 329 Å². The predicted molar refractivity (Wildman–Crippen MR) is 241 cm³/mol. The molecule has 3 nitrogen and oxygen atoms in total. The van der Waals surface area contributed by atoms with Crippen molar-refractivity contribution in [2.24, 2.45) is 0 Å². The number of benzene rings is 9. The predicted octanol–water partition coefficient (Wildman–Crippen LogP) is 14.8. The van der Waals surface area contributed by atoms with E-state index in [0.717, 1.165) is 28.4 Å². The lowest BCUT2D eigenvalue weighted by atomic mass is 9.92. The summed E-state index contributed by atoms with van der Waals surface area (Å²) >= 11 is 0. The molecule has 0 aliphatic carbocycles. The molecule has 0 saturated heterocycles. The molecule has 12 rings (SSSR count). The molecule has 266 valence electrons. The standard InChI is InChI=1S/C54H35N3/c1-5-16-36(17-6-1)37-34-46-44-25-14-13-24-43(44)45-26-15-27-47-51(45)53-48(56(47)40-22-11-4-12-23-40)32-33-49-54(53)52(46)50(35-37)57(49)42-30-28-41(29-31-42)55(38-18-7-2-8-19-38)39-20-9-3-10-21-39/h1-35H. The number of anilines is 3. The molecule has 2 aromatic heterocycles. The van der Waals surface area contributed by atoms with E-state index in [4.69, 9.17) is 0 Å². The number of para-hydroxylation sites is 3. The van der Waals surface area contributed by atoms with Crippen LogP contribution < -0.4 is 4.90 Å². The van der Waals surface area contributed by atoms with E-state index in [-0.39, 0.29) is 0 Å². The normalized spacial score (nSPS) is 11.9. The summed E-state index contributed by atoms with van der Waals surface area (Å²) < 4.78 is 4.96. The van der Waals surface area contributed by atoms with Gasteiger partial charge < -0.3 is 14.0 Å². The van der Waals surface area contributed by atoms with Gasteiger partial charge in [-0.3, -0.25) is 0 Å². The Hall–Kier alpha value is -7.62. The topological polar surface area (TPSA) is 13.1 Å². The number of hydrogen-bond acceptors (Lipinski definition) is 1. The zero-order valence-corrected chi connectivity index (χ0v) is 31.0. The third-order valence-corrected chi connectivity index (χ3v) is 11.8. The van der Waals surface area contributed by atoms with Crippen LogP contribution in [0.3, 0.4) is 0 Å². The summed E-state index contributed by atoms with van der Waals surface area (Å²) in [6, 6.07) is 77.4. The van der Waals surface area contributed by atoms with Gasteiger partial charge in [0, 0.05) is 50.0 Å². The molecule has 57 heavy (non-hydrogen) atoms. The van der Waals surface area contributed by atoms with Crippen LogP contribution in [0.4, 0.5) is 17.1 Å². The van der Waals surface area contributed by atoms with Crippen LogP contribution in [-0.4, -0.2) is 9.13 Å². The van der Waals surface area contributed by atoms with Crippen LogP contribution in [0.1, 0.15) is 0 Å². The highest BCUT2D eigenvalue weighted by Crippen LogP contribution is 2.49. The number of rotatable bonds is 6. The van der Waals surface area contributed by atoms with Crippen LogP contribution in [0.15, 0.2) is 212 Å². The number of fused-ring (bicyclic) bond motifs is 3. The minimum atomic E-state index is 1.10. The van der Waals surface area contributed by atoms with Gasteiger partial charge in [0.1, 0.15) is 0 Å². The Balaban J connectivity index is 1.23. The van der Waals surface area contributed by atoms with Gasteiger partial charge in [-0.1, -0.05) is 121 Å². The van der Waals surface area contributed by atoms with Crippen molar-refractivity contribution in [3.63, 3.8) is 0 Å². The Morgan fingerprint density at radius 1 is 0.263 bits per heavy atom. The van der Waals surface area contributed by atoms with Gasteiger partial charge in [0.05, 0.1) is 22.1 Å². The summed E-state index contributed by atoms with van der Waals surface area (Å²) in [6.07, 6.45) is 0. The maximum atomic E-state index is 2.50. The van der Waals surface area contributed by atoms with Crippen molar-refractivity contribution < 1.29 is 0 Å². The highest BCUT2D eigenvalue weighted by Gasteiger charge is 2.25. The average Bonchev–Trinajstić information content (AvgIpc) is 3.80. The molecule has 3 heteroatoms. The Morgan fingerprint density at radius 3 is 1.35 bits per heavy atom. The van der Waals surface area contributed by atoms with Gasteiger partial charge in [-0.25, -0.2) is 0 Å². The lowest BCUT2D eigenvalue weighted by molar-refractivity contribution is 1.17. The van der Waals surface area contributed by atoms with E-state index in [1.165, 1.54) is 76.3 Å². The fourth-order valence-electron chi connectivity index (χ4n) is 9.45. The van der Waals surface area contributed by atoms with Crippen molar-refractivity contribution >= 4 is 82.2 Å². The molecular weight excluding hydrogens is 691 g/mol. The minimum Gasteiger partial charge on any atom is -0.311 e. The van der Waals surface area contributed by atoms with E-state index in [1.807, 2.05) is 0 Å². The second-order valence-corrected chi connectivity index (χ2v) is 14.9. The zero-order valence-electron chi connectivity index (χ0n) is 31.0. The summed E-state index contributed by atoms with van der Waals surface area (Å²) in [5.74, 6) is 0. The monoisotopic (exact) mass is 725 g/mol. The van der Waals surface area contributed by atoms with Crippen LogP contribution in [0, 0.1) is 0 Å². The zero-order chi connectivity index (χ0) is 37.5. The molecule has 0 atom stereocenters. The average molecular weight is 726 g/mol. The first-order valence-corrected chi connectivity index (χ1v) is 19.6. The molecule has 0 N–H and O–H groups in total. The molecule has 0 saturated carbocycles. The quantitative estimate of drug-likeness (QED) is 0.166. The molecule has 0 aliphatic rings.